The summed E-state index contributed by atoms with van der Waals surface area (Å²) < 4.78 is 15.5. The van der Waals surface area contributed by atoms with Gasteiger partial charge in [-0.3, -0.25) is 9.59 Å². The minimum atomic E-state index is -0.644. The third kappa shape index (κ3) is 3.83. The van der Waals surface area contributed by atoms with Gasteiger partial charge in [0.15, 0.2) is 6.61 Å². The van der Waals surface area contributed by atoms with Crippen LogP contribution in [0.15, 0.2) is 18.2 Å². The van der Waals surface area contributed by atoms with Crippen LogP contribution >= 0.6 is 11.8 Å². The Hall–Kier alpha value is -2.42. The van der Waals surface area contributed by atoms with Crippen LogP contribution in [0, 0.1) is 0 Å². The lowest BCUT2D eigenvalue weighted by Crippen LogP contribution is -2.47. The van der Waals surface area contributed by atoms with E-state index in [0.29, 0.717) is 29.4 Å². The van der Waals surface area contributed by atoms with Crippen LogP contribution in [-0.4, -0.2) is 60.2 Å². The zero-order valence-electron chi connectivity index (χ0n) is 15.4. The average Bonchev–Trinajstić information content (AvgIpc) is 3.15. The first-order valence-electron chi connectivity index (χ1n) is 8.52. The lowest BCUT2D eigenvalue weighted by Gasteiger charge is -2.29. The number of esters is 1. The van der Waals surface area contributed by atoms with Gasteiger partial charge >= 0.3 is 5.97 Å². The standard InChI is InChI=1S/C18H22N2O6S/c1-18-7-6-16(22)20(18)13(10-27-18)17(23)26-9-15(21)19-12-8-11(24-2)4-5-14(12)25-3/h4-5,8,13H,6-7,9-10H2,1-3H3,(H,19,21)/t13-,18-/m1/s1. The van der Waals surface area contributed by atoms with Gasteiger partial charge in [0.2, 0.25) is 5.91 Å². The first-order chi connectivity index (χ1) is 12.9. The second-order valence-electron chi connectivity index (χ2n) is 6.49. The van der Waals surface area contributed by atoms with E-state index in [0.717, 1.165) is 6.42 Å². The number of nitrogens with zero attached hydrogens (tertiary/aromatic N) is 1. The van der Waals surface area contributed by atoms with Crippen molar-refractivity contribution in [2.24, 2.45) is 0 Å². The number of hydrogen-bond donors (Lipinski definition) is 1. The third-order valence-corrected chi connectivity index (χ3v) is 6.25. The minimum absolute atomic E-state index is 0.0463. The van der Waals surface area contributed by atoms with Gasteiger partial charge in [-0.1, -0.05) is 0 Å². The fourth-order valence-electron chi connectivity index (χ4n) is 3.33. The van der Waals surface area contributed by atoms with Crippen molar-refractivity contribution in [1.82, 2.24) is 4.90 Å². The van der Waals surface area contributed by atoms with E-state index in [1.54, 1.807) is 34.9 Å². The van der Waals surface area contributed by atoms with Crippen molar-refractivity contribution >= 4 is 35.2 Å². The predicted octanol–water partition coefficient (Wildman–Crippen LogP) is 1.64. The van der Waals surface area contributed by atoms with Crippen LogP contribution in [0.25, 0.3) is 0 Å². The number of thioether (sulfide) groups is 1. The van der Waals surface area contributed by atoms with Crippen molar-refractivity contribution in [1.29, 1.82) is 0 Å². The van der Waals surface area contributed by atoms with Gasteiger partial charge < -0.3 is 24.4 Å². The molecular weight excluding hydrogens is 372 g/mol. The number of carbonyl (C=O) groups excluding carboxylic acids is 3. The van der Waals surface area contributed by atoms with Crippen LogP contribution in [0.4, 0.5) is 5.69 Å². The zero-order chi connectivity index (χ0) is 19.6. The number of fused-ring (bicyclic) bond motifs is 1. The van der Waals surface area contributed by atoms with Crippen LogP contribution in [-0.2, 0) is 19.1 Å². The molecule has 0 spiro atoms. The first-order valence-corrected chi connectivity index (χ1v) is 9.51. The monoisotopic (exact) mass is 394 g/mol. The molecule has 0 saturated carbocycles. The van der Waals surface area contributed by atoms with E-state index in [-0.39, 0.29) is 10.8 Å². The van der Waals surface area contributed by atoms with Gasteiger partial charge in [0.25, 0.3) is 5.91 Å². The van der Waals surface area contributed by atoms with E-state index >= 15 is 0 Å². The Morgan fingerprint density at radius 3 is 2.81 bits per heavy atom. The summed E-state index contributed by atoms with van der Waals surface area (Å²) >= 11 is 1.57. The van der Waals surface area contributed by atoms with Crippen molar-refractivity contribution in [3.05, 3.63) is 18.2 Å². The summed E-state index contributed by atoms with van der Waals surface area (Å²) in [5.74, 6) is 0.381. The Morgan fingerprint density at radius 2 is 2.11 bits per heavy atom. The van der Waals surface area contributed by atoms with E-state index in [4.69, 9.17) is 14.2 Å². The molecule has 0 aromatic heterocycles. The number of rotatable bonds is 6. The van der Waals surface area contributed by atoms with E-state index in [9.17, 15) is 14.4 Å². The lowest BCUT2D eigenvalue weighted by molar-refractivity contribution is -0.155. The van der Waals surface area contributed by atoms with Crippen LogP contribution in [0.2, 0.25) is 0 Å². The molecule has 2 fully saturated rings. The van der Waals surface area contributed by atoms with Crippen LogP contribution < -0.4 is 14.8 Å². The molecule has 1 aromatic carbocycles. The molecular formula is C18H22N2O6S. The SMILES string of the molecule is COc1ccc(OC)c(NC(=O)COC(=O)[C@H]2CS[C@]3(C)CCC(=O)N23)c1. The van der Waals surface area contributed by atoms with Gasteiger partial charge in [0.05, 0.1) is 24.8 Å². The van der Waals surface area contributed by atoms with Gasteiger partial charge in [-0.05, 0) is 25.5 Å². The van der Waals surface area contributed by atoms with Gasteiger partial charge in [-0.2, -0.15) is 0 Å². The number of hydrogen-bond acceptors (Lipinski definition) is 7. The molecule has 1 N–H and O–H groups in total. The fourth-order valence-corrected chi connectivity index (χ4v) is 4.74. The highest BCUT2D eigenvalue weighted by Crippen LogP contribution is 2.47. The lowest BCUT2D eigenvalue weighted by atomic mass is 10.2. The fraction of sp³-hybridized carbons (Fsp3) is 0.500. The molecule has 146 valence electrons. The average molecular weight is 394 g/mol. The topological polar surface area (TPSA) is 94.2 Å². The smallest absolute Gasteiger partial charge is 0.330 e. The molecule has 2 aliphatic rings. The summed E-state index contributed by atoms with van der Waals surface area (Å²) in [6, 6.07) is 4.33. The molecule has 2 saturated heterocycles. The van der Waals surface area contributed by atoms with Gasteiger partial charge in [0, 0.05) is 18.2 Å². The second-order valence-corrected chi connectivity index (χ2v) is 7.99. The summed E-state index contributed by atoms with van der Waals surface area (Å²) in [6.45, 7) is 1.51. The molecule has 2 amide bonds. The highest BCUT2D eigenvalue weighted by Gasteiger charge is 2.53. The summed E-state index contributed by atoms with van der Waals surface area (Å²) in [5.41, 5.74) is 0.414. The summed E-state index contributed by atoms with van der Waals surface area (Å²) in [6.07, 6.45) is 1.15. The Kier molecular flexibility index (Phi) is 5.50. The highest BCUT2D eigenvalue weighted by molar-refractivity contribution is 8.01. The Bertz CT molecular complexity index is 770. The molecule has 3 rings (SSSR count). The molecule has 0 aliphatic carbocycles. The van der Waals surface area contributed by atoms with E-state index in [1.807, 2.05) is 6.92 Å². The normalized spacial score (nSPS) is 23.7. The van der Waals surface area contributed by atoms with E-state index in [2.05, 4.69) is 5.32 Å². The van der Waals surface area contributed by atoms with Crippen LogP contribution in [0.1, 0.15) is 19.8 Å². The number of ether oxygens (including phenoxy) is 3. The summed E-state index contributed by atoms with van der Waals surface area (Å²) in [7, 11) is 3.00. The quantitative estimate of drug-likeness (QED) is 0.733. The Labute approximate surface area is 161 Å². The van der Waals surface area contributed by atoms with Crippen molar-refractivity contribution < 1.29 is 28.6 Å². The molecule has 0 unspecified atom stereocenters. The number of amides is 2. The van der Waals surface area contributed by atoms with Crippen LogP contribution in [0.5, 0.6) is 11.5 Å². The molecule has 1 aromatic rings. The first kappa shape index (κ1) is 19.3. The minimum Gasteiger partial charge on any atom is -0.497 e. The molecule has 2 atom stereocenters. The van der Waals surface area contributed by atoms with E-state index < -0.39 is 24.5 Å². The van der Waals surface area contributed by atoms with E-state index in [1.165, 1.54) is 14.2 Å². The van der Waals surface area contributed by atoms with Gasteiger partial charge in [-0.15, -0.1) is 11.8 Å². The van der Waals surface area contributed by atoms with Crippen molar-refractivity contribution in [2.45, 2.75) is 30.7 Å². The number of anilines is 1. The molecule has 27 heavy (non-hydrogen) atoms. The Balaban J connectivity index is 1.58. The summed E-state index contributed by atoms with van der Waals surface area (Å²) in [5, 5.41) is 2.64. The molecule has 2 aliphatic heterocycles. The van der Waals surface area contributed by atoms with Crippen molar-refractivity contribution in [2.75, 3.05) is 31.9 Å². The molecule has 0 radical (unpaired) electrons. The predicted molar refractivity (Wildman–Crippen MR) is 99.9 cm³/mol. The maximum absolute atomic E-state index is 12.4. The zero-order valence-corrected chi connectivity index (χ0v) is 16.3. The van der Waals surface area contributed by atoms with Gasteiger partial charge in [0.1, 0.15) is 17.5 Å². The molecule has 2 heterocycles. The maximum Gasteiger partial charge on any atom is 0.330 e. The Morgan fingerprint density at radius 1 is 1.33 bits per heavy atom. The summed E-state index contributed by atoms with van der Waals surface area (Å²) in [4.78, 5) is 37.9. The number of nitrogens with one attached hydrogen (secondary N) is 1. The highest BCUT2D eigenvalue weighted by atomic mass is 32.2. The van der Waals surface area contributed by atoms with Crippen molar-refractivity contribution in [3.8, 4) is 11.5 Å². The second kappa shape index (κ2) is 7.67. The number of carbonyl (C=O) groups is 3. The number of benzene rings is 1. The third-order valence-electron chi connectivity index (χ3n) is 4.74. The largest absolute Gasteiger partial charge is 0.497 e. The number of methoxy groups -OCH3 is 2. The van der Waals surface area contributed by atoms with Crippen molar-refractivity contribution in [3.63, 3.8) is 0 Å². The molecule has 9 heteroatoms. The molecule has 0 bridgehead atoms. The van der Waals surface area contributed by atoms with Gasteiger partial charge in [-0.25, -0.2) is 4.79 Å². The maximum atomic E-state index is 12.4. The van der Waals surface area contributed by atoms with Crippen LogP contribution in [0.3, 0.4) is 0 Å². The molecule has 8 nitrogen and oxygen atoms in total.